The smallest absolute Gasteiger partial charge is 0.219 e. The summed E-state index contributed by atoms with van der Waals surface area (Å²) in [6, 6.07) is 10.2. The molecule has 2 aromatic rings. The van der Waals surface area contributed by atoms with Crippen LogP contribution in [0.3, 0.4) is 0 Å². The Labute approximate surface area is 189 Å². The standard InChI is InChI=1S/C21H28FN5O.HI/c1-3-27-12-4-5-18(27)15-26-21(23-2)25-14-16-6-11-20(24-13-16)28-19-9-7-17(22)8-10-19;/h6-11,13,18H,3-5,12,14-15H2,1-2H3,(H2,23,25,26);1H. The van der Waals surface area contributed by atoms with Gasteiger partial charge in [0.2, 0.25) is 5.88 Å². The summed E-state index contributed by atoms with van der Waals surface area (Å²) in [4.78, 5) is 11.1. The van der Waals surface area contributed by atoms with Gasteiger partial charge in [0.05, 0.1) is 0 Å². The molecule has 8 heteroatoms. The number of hydrogen-bond acceptors (Lipinski definition) is 4. The van der Waals surface area contributed by atoms with Crippen LogP contribution in [-0.4, -0.2) is 48.6 Å². The van der Waals surface area contributed by atoms with Gasteiger partial charge in [0.15, 0.2) is 5.96 Å². The Hall–Kier alpha value is -1.94. The van der Waals surface area contributed by atoms with Crippen molar-refractivity contribution in [2.75, 3.05) is 26.7 Å². The second kappa shape index (κ2) is 11.9. The van der Waals surface area contributed by atoms with Crippen molar-refractivity contribution in [3.8, 4) is 11.6 Å². The number of benzene rings is 1. The van der Waals surface area contributed by atoms with Gasteiger partial charge in [-0.15, -0.1) is 24.0 Å². The maximum Gasteiger partial charge on any atom is 0.219 e. The molecule has 0 aliphatic carbocycles. The van der Waals surface area contributed by atoms with Gasteiger partial charge in [0.1, 0.15) is 11.6 Å². The van der Waals surface area contributed by atoms with Crippen LogP contribution in [0.4, 0.5) is 4.39 Å². The van der Waals surface area contributed by atoms with Crippen molar-refractivity contribution in [3.05, 3.63) is 54.0 Å². The molecule has 2 heterocycles. The van der Waals surface area contributed by atoms with E-state index < -0.39 is 0 Å². The maximum absolute atomic E-state index is 12.9. The van der Waals surface area contributed by atoms with Gasteiger partial charge in [0, 0.05) is 38.4 Å². The van der Waals surface area contributed by atoms with Crippen LogP contribution >= 0.6 is 24.0 Å². The molecule has 0 saturated carbocycles. The van der Waals surface area contributed by atoms with Crippen molar-refractivity contribution in [3.63, 3.8) is 0 Å². The highest BCUT2D eigenvalue weighted by Gasteiger charge is 2.22. The zero-order valence-electron chi connectivity index (χ0n) is 16.9. The Morgan fingerprint density at radius 1 is 1.24 bits per heavy atom. The van der Waals surface area contributed by atoms with Crippen LogP contribution in [0.1, 0.15) is 25.3 Å². The number of pyridine rings is 1. The summed E-state index contributed by atoms with van der Waals surface area (Å²) >= 11 is 0. The van der Waals surface area contributed by atoms with Gasteiger partial charge < -0.3 is 15.4 Å². The van der Waals surface area contributed by atoms with Crippen LogP contribution in [0.25, 0.3) is 0 Å². The number of nitrogens with zero attached hydrogens (tertiary/aromatic N) is 3. The second-order valence-corrected chi connectivity index (χ2v) is 6.79. The molecule has 1 aromatic heterocycles. The SMILES string of the molecule is CCN1CCCC1CNC(=NC)NCc1ccc(Oc2ccc(F)cc2)nc1.I. The third-order valence-corrected chi connectivity index (χ3v) is 4.93. The summed E-state index contributed by atoms with van der Waals surface area (Å²) in [5.74, 6) is 1.52. The first-order valence-electron chi connectivity index (χ1n) is 9.75. The van der Waals surface area contributed by atoms with E-state index in [-0.39, 0.29) is 29.8 Å². The summed E-state index contributed by atoms with van der Waals surface area (Å²) in [5, 5.41) is 6.73. The maximum atomic E-state index is 12.9. The molecule has 1 fully saturated rings. The van der Waals surface area contributed by atoms with Crippen molar-refractivity contribution < 1.29 is 9.13 Å². The van der Waals surface area contributed by atoms with E-state index in [4.69, 9.17) is 4.74 Å². The summed E-state index contributed by atoms with van der Waals surface area (Å²) in [6.45, 7) is 6.01. The van der Waals surface area contributed by atoms with E-state index in [1.807, 2.05) is 6.07 Å². The van der Waals surface area contributed by atoms with Crippen molar-refractivity contribution in [1.82, 2.24) is 20.5 Å². The number of ether oxygens (including phenoxy) is 1. The number of aliphatic imine (C=N–C) groups is 1. The predicted octanol–water partition coefficient (Wildman–Crippen LogP) is 3.78. The van der Waals surface area contributed by atoms with Gasteiger partial charge in [0.25, 0.3) is 0 Å². The summed E-state index contributed by atoms with van der Waals surface area (Å²) in [6.07, 6.45) is 4.26. The van der Waals surface area contributed by atoms with Crippen molar-refractivity contribution in [2.24, 2.45) is 4.99 Å². The highest BCUT2D eigenvalue weighted by molar-refractivity contribution is 14.0. The molecule has 1 aliphatic heterocycles. The van der Waals surface area contributed by atoms with Crippen LogP contribution in [0.2, 0.25) is 0 Å². The van der Waals surface area contributed by atoms with E-state index in [1.54, 1.807) is 31.4 Å². The lowest BCUT2D eigenvalue weighted by atomic mass is 10.2. The van der Waals surface area contributed by atoms with Gasteiger partial charge in [-0.3, -0.25) is 9.89 Å². The first kappa shape index (κ1) is 23.3. The average Bonchev–Trinajstić information content (AvgIpc) is 3.18. The Bertz CT molecular complexity index is 770. The largest absolute Gasteiger partial charge is 0.439 e. The molecule has 0 radical (unpaired) electrons. The quantitative estimate of drug-likeness (QED) is 0.336. The van der Waals surface area contributed by atoms with Crippen LogP contribution in [-0.2, 0) is 6.54 Å². The summed E-state index contributed by atoms with van der Waals surface area (Å²) < 4.78 is 18.6. The lowest BCUT2D eigenvalue weighted by Gasteiger charge is -2.24. The minimum Gasteiger partial charge on any atom is -0.439 e. The Morgan fingerprint density at radius 3 is 2.69 bits per heavy atom. The molecular weight excluding hydrogens is 484 g/mol. The fourth-order valence-electron chi connectivity index (χ4n) is 3.36. The Morgan fingerprint density at radius 2 is 2.03 bits per heavy atom. The Kier molecular flexibility index (Phi) is 9.59. The normalized spacial score (nSPS) is 16.9. The number of rotatable bonds is 7. The molecule has 1 aliphatic rings. The first-order chi connectivity index (χ1) is 13.7. The van der Waals surface area contributed by atoms with Crippen LogP contribution < -0.4 is 15.4 Å². The zero-order chi connectivity index (χ0) is 19.8. The predicted molar refractivity (Wildman–Crippen MR) is 125 cm³/mol. The summed E-state index contributed by atoms with van der Waals surface area (Å²) in [7, 11) is 1.78. The molecule has 158 valence electrons. The number of guanidine groups is 1. The molecule has 2 N–H and O–H groups in total. The van der Waals surface area contributed by atoms with Gasteiger partial charge >= 0.3 is 0 Å². The van der Waals surface area contributed by atoms with E-state index in [2.05, 4.69) is 32.4 Å². The molecule has 3 rings (SSSR count). The molecule has 1 saturated heterocycles. The highest BCUT2D eigenvalue weighted by Crippen LogP contribution is 2.19. The molecule has 6 nitrogen and oxygen atoms in total. The number of hydrogen-bond donors (Lipinski definition) is 2. The van der Waals surface area contributed by atoms with E-state index >= 15 is 0 Å². The number of likely N-dealkylation sites (N-methyl/N-ethyl adjacent to an activating group) is 1. The fraction of sp³-hybridized carbons (Fsp3) is 0.429. The minimum absolute atomic E-state index is 0. The lowest BCUT2D eigenvalue weighted by Crippen LogP contribution is -2.44. The minimum atomic E-state index is -0.293. The van der Waals surface area contributed by atoms with E-state index in [0.717, 1.165) is 24.6 Å². The number of nitrogens with one attached hydrogen (secondary N) is 2. The Balaban J connectivity index is 0.00000300. The van der Waals surface area contributed by atoms with Gasteiger partial charge in [-0.05, 0) is 55.8 Å². The molecular formula is C21H29FIN5O. The van der Waals surface area contributed by atoms with Gasteiger partial charge in [-0.2, -0.15) is 0 Å². The monoisotopic (exact) mass is 513 g/mol. The van der Waals surface area contributed by atoms with Crippen LogP contribution in [0.5, 0.6) is 11.6 Å². The van der Waals surface area contributed by atoms with Crippen molar-refractivity contribution >= 4 is 29.9 Å². The molecule has 0 amide bonds. The van der Waals surface area contributed by atoms with E-state index in [0.29, 0.717) is 24.2 Å². The van der Waals surface area contributed by atoms with E-state index in [9.17, 15) is 4.39 Å². The van der Waals surface area contributed by atoms with Gasteiger partial charge in [-0.25, -0.2) is 9.37 Å². The summed E-state index contributed by atoms with van der Waals surface area (Å²) in [5.41, 5.74) is 1.02. The molecule has 29 heavy (non-hydrogen) atoms. The molecule has 1 aromatic carbocycles. The van der Waals surface area contributed by atoms with Gasteiger partial charge in [-0.1, -0.05) is 13.0 Å². The first-order valence-corrected chi connectivity index (χ1v) is 9.75. The van der Waals surface area contributed by atoms with Crippen LogP contribution in [0, 0.1) is 5.82 Å². The molecule has 0 spiro atoms. The fourth-order valence-corrected chi connectivity index (χ4v) is 3.36. The number of aromatic nitrogens is 1. The van der Waals surface area contributed by atoms with Crippen molar-refractivity contribution in [2.45, 2.75) is 32.4 Å². The average molecular weight is 513 g/mol. The number of halogens is 2. The van der Waals surface area contributed by atoms with E-state index in [1.165, 1.54) is 31.5 Å². The zero-order valence-corrected chi connectivity index (χ0v) is 19.2. The topological polar surface area (TPSA) is 61.8 Å². The third-order valence-electron chi connectivity index (χ3n) is 4.93. The third kappa shape index (κ3) is 7.11. The lowest BCUT2D eigenvalue weighted by molar-refractivity contribution is 0.267. The highest BCUT2D eigenvalue weighted by atomic mass is 127. The number of likely N-dealkylation sites (tertiary alicyclic amines) is 1. The molecule has 1 unspecified atom stereocenters. The molecule has 0 bridgehead atoms. The molecule has 1 atom stereocenters. The van der Waals surface area contributed by atoms with Crippen molar-refractivity contribution in [1.29, 1.82) is 0 Å². The van der Waals surface area contributed by atoms with Crippen LogP contribution in [0.15, 0.2) is 47.6 Å². The second-order valence-electron chi connectivity index (χ2n) is 6.79.